The Bertz CT molecular complexity index is 627. The first kappa shape index (κ1) is 18.0. The Balaban J connectivity index is 1.87. The van der Waals surface area contributed by atoms with Crippen molar-refractivity contribution in [2.24, 2.45) is 12.0 Å². The lowest BCUT2D eigenvalue weighted by Gasteiger charge is -2.12. The number of benzene rings is 1. The molecule has 0 spiro atoms. The van der Waals surface area contributed by atoms with Gasteiger partial charge in [0.1, 0.15) is 0 Å². The predicted molar refractivity (Wildman–Crippen MR) is 100 cm³/mol. The molecule has 1 heterocycles. The number of hydrogen-bond acceptors (Lipinski definition) is 2. The lowest BCUT2D eigenvalue weighted by Crippen LogP contribution is -2.38. The summed E-state index contributed by atoms with van der Waals surface area (Å²) >= 11 is 0. The molecule has 0 aliphatic heterocycles. The molecule has 2 aromatic rings. The van der Waals surface area contributed by atoms with E-state index < -0.39 is 0 Å². The molecule has 1 aromatic heterocycles. The van der Waals surface area contributed by atoms with Crippen LogP contribution >= 0.6 is 0 Å². The molecule has 0 aliphatic rings. The molecule has 1 aromatic carbocycles. The van der Waals surface area contributed by atoms with Crippen molar-refractivity contribution in [1.29, 1.82) is 0 Å². The van der Waals surface area contributed by atoms with Crippen LogP contribution in [0.3, 0.4) is 0 Å². The van der Waals surface area contributed by atoms with E-state index >= 15 is 0 Å². The SMILES string of the molecule is CCCCNC(=NCc1ccc(C)cc1)NCCc1cnn(C)c1. The van der Waals surface area contributed by atoms with E-state index in [4.69, 9.17) is 4.99 Å². The highest BCUT2D eigenvalue weighted by Gasteiger charge is 2.00. The normalized spacial score (nSPS) is 11.5. The van der Waals surface area contributed by atoms with Gasteiger partial charge in [-0.25, -0.2) is 4.99 Å². The second-order valence-electron chi connectivity index (χ2n) is 6.13. The second-order valence-corrected chi connectivity index (χ2v) is 6.13. The van der Waals surface area contributed by atoms with Crippen LogP contribution in [0.25, 0.3) is 0 Å². The van der Waals surface area contributed by atoms with E-state index in [1.165, 1.54) is 23.1 Å². The molecule has 0 aliphatic carbocycles. The first-order valence-corrected chi connectivity index (χ1v) is 8.72. The number of aromatic nitrogens is 2. The Hall–Kier alpha value is -2.30. The van der Waals surface area contributed by atoms with Gasteiger partial charge in [-0.3, -0.25) is 4.68 Å². The summed E-state index contributed by atoms with van der Waals surface area (Å²) in [4.78, 5) is 4.71. The summed E-state index contributed by atoms with van der Waals surface area (Å²) < 4.78 is 1.83. The number of hydrogen-bond donors (Lipinski definition) is 2. The number of unbranched alkanes of at least 4 members (excludes halogenated alkanes) is 1. The van der Waals surface area contributed by atoms with Crippen LogP contribution in [-0.4, -0.2) is 28.8 Å². The molecule has 2 rings (SSSR count). The van der Waals surface area contributed by atoms with Crippen molar-refractivity contribution in [3.05, 3.63) is 53.3 Å². The van der Waals surface area contributed by atoms with Gasteiger partial charge in [-0.2, -0.15) is 5.10 Å². The van der Waals surface area contributed by atoms with Crippen LogP contribution in [0.1, 0.15) is 36.5 Å². The highest BCUT2D eigenvalue weighted by atomic mass is 15.2. The van der Waals surface area contributed by atoms with E-state index in [1.807, 2.05) is 17.9 Å². The third-order valence-corrected chi connectivity index (χ3v) is 3.83. The minimum Gasteiger partial charge on any atom is -0.356 e. The number of aliphatic imine (C=N–C) groups is 1. The molecule has 0 saturated carbocycles. The number of aryl methyl sites for hydroxylation is 2. The Labute approximate surface area is 145 Å². The van der Waals surface area contributed by atoms with Gasteiger partial charge in [0.25, 0.3) is 0 Å². The lowest BCUT2D eigenvalue weighted by molar-refractivity contribution is 0.722. The fourth-order valence-electron chi connectivity index (χ4n) is 2.35. The largest absolute Gasteiger partial charge is 0.356 e. The first-order valence-electron chi connectivity index (χ1n) is 8.72. The van der Waals surface area contributed by atoms with Crippen molar-refractivity contribution in [2.45, 2.75) is 39.7 Å². The number of nitrogens with zero attached hydrogens (tertiary/aromatic N) is 3. The number of guanidine groups is 1. The van der Waals surface area contributed by atoms with E-state index in [2.05, 4.69) is 60.0 Å². The molecule has 0 radical (unpaired) electrons. The quantitative estimate of drug-likeness (QED) is 0.445. The fraction of sp³-hybridized carbons (Fsp3) is 0.474. The number of nitrogens with one attached hydrogen (secondary N) is 2. The van der Waals surface area contributed by atoms with Crippen molar-refractivity contribution in [3.8, 4) is 0 Å². The summed E-state index contributed by atoms with van der Waals surface area (Å²) in [6.45, 7) is 6.78. The van der Waals surface area contributed by atoms with Crippen LogP contribution in [0.15, 0.2) is 41.7 Å². The maximum Gasteiger partial charge on any atom is 0.191 e. The van der Waals surface area contributed by atoms with Gasteiger partial charge in [-0.15, -0.1) is 0 Å². The molecule has 5 nitrogen and oxygen atoms in total. The van der Waals surface area contributed by atoms with Gasteiger partial charge in [0, 0.05) is 26.3 Å². The van der Waals surface area contributed by atoms with Crippen LogP contribution in [0.2, 0.25) is 0 Å². The molecule has 0 bridgehead atoms. The maximum atomic E-state index is 4.71. The molecule has 130 valence electrons. The zero-order valence-corrected chi connectivity index (χ0v) is 15.0. The Kier molecular flexibility index (Phi) is 7.33. The lowest BCUT2D eigenvalue weighted by atomic mass is 10.1. The van der Waals surface area contributed by atoms with Crippen LogP contribution < -0.4 is 10.6 Å². The minimum absolute atomic E-state index is 0.689. The molecule has 0 atom stereocenters. The Morgan fingerprint density at radius 2 is 1.88 bits per heavy atom. The molecule has 5 heteroatoms. The molecule has 24 heavy (non-hydrogen) atoms. The van der Waals surface area contributed by atoms with Gasteiger partial charge in [0.05, 0.1) is 12.7 Å². The molecule has 0 saturated heterocycles. The van der Waals surface area contributed by atoms with Crippen molar-refractivity contribution in [1.82, 2.24) is 20.4 Å². The minimum atomic E-state index is 0.689. The van der Waals surface area contributed by atoms with Crippen molar-refractivity contribution < 1.29 is 0 Å². The van der Waals surface area contributed by atoms with Crippen molar-refractivity contribution in [2.75, 3.05) is 13.1 Å². The third-order valence-electron chi connectivity index (χ3n) is 3.83. The fourth-order valence-corrected chi connectivity index (χ4v) is 2.35. The summed E-state index contributed by atoms with van der Waals surface area (Å²) in [5.41, 5.74) is 3.74. The van der Waals surface area contributed by atoms with Crippen LogP contribution in [-0.2, 0) is 20.0 Å². The molecular formula is C19H29N5. The molecule has 2 N–H and O–H groups in total. The molecule has 0 unspecified atom stereocenters. The highest BCUT2D eigenvalue weighted by molar-refractivity contribution is 5.79. The van der Waals surface area contributed by atoms with E-state index in [0.717, 1.165) is 31.9 Å². The zero-order chi connectivity index (χ0) is 17.2. The average molecular weight is 327 g/mol. The average Bonchev–Trinajstić information content (AvgIpc) is 2.99. The molecule has 0 fully saturated rings. The molecule has 0 amide bonds. The monoisotopic (exact) mass is 327 g/mol. The van der Waals surface area contributed by atoms with Crippen LogP contribution in [0.5, 0.6) is 0 Å². The van der Waals surface area contributed by atoms with Gasteiger partial charge in [0.2, 0.25) is 0 Å². The van der Waals surface area contributed by atoms with Gasteiger partial charge < -0.3 is 10.6 Å². The van der Waals surface area contributed by atoms with E-state index in [1.54, 1.807) is 0 Å². The number of rotatable bonds is 8. The van der Waals surface area contributed by atoms with Gasteiger partial charge in [-0.1, -0.05) is 43.2 Å². The molecular weight excluding hydrogens is 298 g/mol. The summed E-state index contributed by atoms with van der Waals surface area (Å²) in [6, 6.07) is 8.53. The van der Waals surface area contributed by atoms with Crippen LogP contribution in [0.4, 0.5) is 0 Å². The van der Waals surface area contributed by atoms with Crippen molar-refractivity contribution >= 4 is 5.96 Å². The van der Waals surface area contributed by atoms with Gasteiger partial charge >= 0.3 is 0 Å². The van der Waals surface area contributed by atoms with Crippen molar-refractivity contribution in [3.63, 3.8) is 0 Å². The summed E-state index contributed by atoms with van der Waals surface area (Å²) in [6.07, 6.45) is 7.22. The van der Waals surface area contributed by atoms with E-state index in [9.17, 15) is 0 Å². The van der Waals surface area contributed by atoms with E-state index in [0.29, 0.717) is 6.54 Å². The Morgan fingerprint density at radius 1 is 1.12 bits per heavy atom. The highest BCUT2D eigenvalue weighted by Crippen LogP contribution is 2.04. The first-order chi connectivity index (χ1) is 11.7. The predicted octanol–water partition coefficient (Wildman–Crippen LogP) is 2.81. The van der Waals surface area contributed by atoms with Gasteiger partial charge in [-0.05, 0) is 30.9 Å². The standard InChI is InChI=1S/C19H29N5/c1-4-5-11-20-19(21-12-10-18-14-23-24(3)15-18)22-13-17-8-6-16(2)7-9-17/h6-9,14-15H,4-5,10-13H2,1-3H3,(H2,20,21,22). The van der Waals surface area contributed by atoms with Crippen LogP contribution in [0, 0.1) is 6.92 Å². The second kappa shape index (κ2) is 9.75. The van der Waals surface area contributed by atoms with E-state index in [-0.39, 0.29) is 0 Å². The smallest absolute Gasteiger partial charge is 0.191 e. The third kappa shape index (κ3) is 6.44. The van der Waals surface area contributed by atoms with Gasteiger partial charge in [0.15, 0.2) is 5.96 Å². The zero-order valence-electron chi connectivity index (χ0n) is 15.0. The summed E-state index contributed by atoms with van der Waals surface area (Å²) in [5, 5.41) is 11.0. The summed E-state index contributed by atoms with van der Waals surface area (Å²) in [5.74, 6) is 0.882. The summed E-state index contributed by atoms with van der Waals surface area (Å²) in [7, 11) is 1.94. The maximum absolute atomic E-state index is 4.71. The Morgan fingerprint density at radius 3 is 2.54 bits per heavy atom. The topological polar surface area (TPSA) is 54.2 Å².